The molecule has 1 aromatic heterocycles. The van der Waals surface area contributed by atoms with Crippen molar-refractivity contribution in [2.75, 3.05) is 6.61 Å². The summed E-state index contributed by atoms with van der Waals surface area (Å²) < 4.78 is 11.9. The van der Waals surface area contributed by atoms with Gasteiger partial charge in [-0.1, -0.05) is 0 Å². The number of aryl methyl sites for hydroxylation is 1. The Morgan fingerprint density at radius 1 is 1.53 bits per heavy atom. The number of H-pyrrole nitrogens is 1. The highest BCUT2D eigenvalue weighted by molar-refractivity contribution is 5.65. The predicted molar refractivity (Wildman–Crippen MR) is 65.8 cm³/mol. The fraction of sp³-hybridized carbons (Fsp3) is 0.583. The largest absolute Gasteiger partial charge is 0.463 e. The molecule has 104 valence electrons. The van der Waals surface area contributed by atoms with Gasteiger partial charge in [0.2, 0.25) is 0 Å². The average Bonchev–Trinajstić information content (AvgIpc) is 2.80. The molecular formula is C12H16N2O5. The molecule has 0 radical (unpaired) electrons. The van der Waals surface area contributed by atoms with E-state index >= 15 is 0 Å². The quantitative estimate of drug-likeness (QED) is 0.784. The Morgan fingerprint density at radius 3 is 2.95 bits per heavy atom. The van der Waals surface area contributed by atoms with Crippen LogP contribution in [0.3, 0.4) is 0 Å². The Labute approximate surface area is 109 Å². The standard InChI is InChI=1S/C12H16N2O5/c1-7-5-14(12(17)13-11(7)16)10-4-3-9(19-10)6-18-8(2)15/h5,9-10H,3-4,6H2,1-2H3,(H,13,16,17). The predicted octanol–water partition coefficient (Wildman–Crippen LogP) is 0.0857. The van der Waals surface area contributed by atoms with E-state index in [1.165, 1.54) is 17.7 Å². The highest BCUT2D eigenvalue weighted by Crippen LogP contribution is 2.27. The SMILES string of the molecule is CC(=O)OCC1CCC(n2cc(C)c(=O)[nH]c2=O)O1. The number of hydrogen-bond donors (Lipinski definition) is 1. The van der Waals surface area contributed by atoms with E-state index in [2.05, 4.69) is 4.98 Å². The fourth-order valence-electron chi connectivity index (χ4n) is 2.02. The Kier molecular flexibility index (Phi) is 3.84. The molecule has 7 nitrogen and oxygen atoms in total. The number of ether oxygens (including phenoxy) is 2. The summed E-state index contributed by atoms with van der Waals surface area (Å²) in [4.78, 5) is 35.9. The molecule has 1 saturated heterocycles. The molecule has 1 aliphatic heterocycles. The zero-order chi connectivity index (χ0) is 14.0. The van der Waals surface area contributed by atoms with Crippen molar-refractivity contribution in [1.82, 2.24) is 9.55 Å². The number of nitrogens with zero attached hydrogens (tertiary/aromatic N) is 1. The smallest absolute Gasteiger partial charge is 0.330 e. The first-order valence-electron chi connectivity index (χ1n) is 6.08. The van der Waals surface area contributed by atoms with Crippen molar-refractivity contribution in [3.63, 3.8) is 0 Å². The van der Waals surface area contributed by atoms with Crippen LogP contribution in [0.25, 0.3) is 0 Å². The molecule has 19 heavy (non-hydrogen) atoms. The summed E-state index contributed by atoms with van der Waals surface area (Å²) in [6.07, 6.45) is 2.18. The van der Waals surface area contributed by atoms with Crippen molar-refractivity contribution in [1.29, 1.82) is 0 Å². The van der Waals surface area contributed by atoms with Gasteiger partial charge < -0.3 is 9.47 Å². The molecule has 2 unspecified atom stereocenters. The molecule has 0 aliphatic carbocycles. The summed E-state index contributed by atoms with van der Waals surface area (Å²) in [6.45, 7) is 3.14. The number of esters is 1. The lowest BCUT2D eigenvalue weighted by atomic mass is 10.2. The first-order valence-corrected chi connectivity index (χ1v) is 6.08. The molecule has 7 heteroatoms. The molecule has 2 heterocycles. The molecule has 1 fully saturated rings. The van der Waals surface area contributed by atoms with Gasteiger partial charge in [0.15, 0.2) is 0 Å². The van der Waals surface area contributed by atoms with Gasteiger partial charge in [-0.05, 0) is 19.8 Å². The minimum atomic E-state index is -0.492. The van der Waals surface area contributed by atoms with Crippen LogP contribution in [-0.4, -0.2) is 28.2 Å². The van der Waals surface area contributed by atoms with E-state index in [1.807, 2.05) is 0 Å². The van der Waals surface area contributed by atoms with E-state index in [9.17, 15) is 14.4 Å². The van der Waals surface area contributed by atoms with Crippen molar-refractivity contribution in [3.8, 4) is 0 Å². The lowest BCUT2D eigenvalue weighted by Crippen LogP contribution is -2.33. The third-order valence-electron chi connectivity index (χ3n) is 3.01. The van der Waals surface area contributed by atoms with Crippen LogP contribution in [0.1, 0.15) is 31.6 Å². The molecule has 0 saturated carbocycles. The van der Waals surface area contributed by atoms with Crippen LogP contribution < -0.4 is 11.2 Å². The van der Waals surface area contributed by atoms with Crippen LogP contribution in [0.5, 0.6) is 0 Å². The second kappa shape index (κ2) is 5.40. The van der Waals surface area contributed by atoms with E-state index in [1.54, 1.807) is 6.92 Å². The molecule has 2 rings (SSSR count). The molecule has 1 N–H and O–H groups in total. The van der Waals surface area contributed by atoms with Crippen LogP contribution in [0.4, 0.5) is 0 Å². The van der Waals surface area contributed by atoms with Crippen molar-refractivity contribution in [2.24, 2.45) is 0 Å². The molecule has 2 atom stereocenters. The van der Waals surface area contributed by atoms with Crippen LogP contribution in [0.15, 0.2) is 15.8 Å². The summed E-state index contributed by atoms with van der Waals surface area (Å²) in [5, 5.41) is 0. The van der Waals surface area contributed by atoms with E-state index in [0.29, 0.717) is 18.4 Å². The fourth-order valence-corrected chi connectivity index (χ4v) is 2.02. The summed E-state index contributed by atoms with van der Waals surface area (Å²) in [6, 6.07) is 0. The Bertz CT molecular complexity index is 589. The number of hydrogen-bond acceptors (Lipinski definition) is 5. The van der Waals surface area contributed by atoms with Crippen LogP contribution in [0.2, 0.25) is 0 Å². The molecule has 0 spiro atoms. The van der Waals surface area contributed by atoms with Gasteiger partial charge in [0, 0.05) is 18.7 Å². The van der Waals surface area contributed by atoms with E-state index in [4.69, 9.17) is 9.47 Å². The third-order valence-corrected chi connectivity index (χ3v) is 3.01. The lowest BCUT2D eigenvalue weighted by Gasteiger charge is -2.15. The van der Waals surface area contributed by atoms with Crippen LogP contribution in [0, 0.1) is 6.92 Å². The third kappa shape index (κ3) is 3.11. The number of carbonyl (C=O) groups is 1. The Balaban J connectivity index is 2.09. The van der Waals surface area contributed by atoms with E-state index in [0.717, 1.165) is 0 Å². The number of aromatic nitrogens is 2. The molecule has 0 aromatic carbocycles. The van der Waals surface area contributed by atoms with E-state index in [-0.39, 0.29) is 18.7 Å². The van der Waals surface area contributed by atoms with Gasteiger partial charge in [-0.15, -0.1) is 0 Å². The zero-order valence-electron chi connectivity index (χ0n) is 10.8. The molecule has 0 amide bonds. The monoisotopic (exact) mass is 268 g/mol. The van der Waals surface area contributed by atoms with Crippen LogP contribution >= 0.6 is 0 Å². The number of aromatic amines is 1. The number of carbonyl (C=O) groups excluding carboxylic acids is 1. The summed E-state index contributed by atoms with van der Waals surface area (Å²) in [5.41, 5.74) is -0.434. The molecule has 1 aliphatic rings. The van der Waals surface area contributed by atoms with Crippen molar-refractivity contribution in [2.45, 2.75) is 39.0 Å². The van der Waals surface area contributed by atoms with Gasteiger partial charge in [0.1, 0.15) is 12.8 Å². The van der Waals surface area contributed by atoms with Crippen molar-refractivity contribution in [3.05, 3.63) is 32.6 Å². The Hall–Kier alpha value is -1.89. The second-order valence-corrected chi connectivity index (χ2v) is 4.57. The van der Waals surface area contributed by atoms with Gasteiger partial charge in [0.25, 0.3) is 5.56 Å². The topological polar surface area (TPSA) is 90.4 Å². The highest BCUT2D eigenvalue weighted by atomic mass is 16.6. The van der Waals surface area contributed by atoms with Gasteiger partial charge in [-0.3, -0.25) is 19.1 Å². The first kappa shape index (κ1) is 13.5. The van der Waals surface area contributed by atoms with Crippen molar-refractivity contribution < 1.29 is 14.3 Å². The second-order valence-electron chi connectivity index (χ2n) is 4.57. The zero-order valence-corrected chi connectivity index (χ0v) is 10.8. The number of rotatable bonds is 3. The molecule has 1 aromatic rings. The normalized spacial score (nSPS) is 22.4. The van der Waals surface area contributed by atoms with Gasteiger partial charge in [0.05, 0.1) is 6.10 Å². The summed E-state index contributed by atoms with van der Waals surface area (Å²) in [7, 11) is 0. The number of nitrogens with one attached hydrogen (secondary N) is 1. The maximum atomic E-state index is 11.7. The summed E-state index contributed by atoms with van der Waals surface area (Å²) >= 11 is 0. The van der Waals surface area contributed by atoms with Gasteiger partial charge in [-0.2, -0.15) is 0 Å². The molecular weight excluding hydrogens is 252 g/mol. The first-order chi connectivity index (χ1) is 8.97. The lowest BCUT2D eigenvalue weighted by molar-refractivity contribution is -0.145. The highest BCUT2D eigenvalue weighted by Gasteiger charge is 2.28. The average molecular weight is 268 g/mol. The Morgan fingerprint density at radius 2 is 2.26 bits per heavy atom. The van der Waals surface area contributed by atoms with E-state index < -0.39 is 17.5 Å². The minimum absolute atomic E-state index is 0.183. The maximum Gasteiger partial charge on any atom is 0.330 e. The van der Waals surface area contributed by atoms with Crippen LogP contribution in [-0.2, 0) is 14.3 Å². The minimum Gasteiger partial charge on any atom is -0.463 e. The maximum absolute atomic E-state index is 11.7. The molecule has 0 bridgehead atoms. The summed E-state index contributed by atoms with van der Waals surface area (Å²) in [5.74, 6) is -0.357. The van der Waals surface area contributed by atoms with Gasteiger partial charge in [-0.25, -0.2) is 4.79 Å². The van der Waals surface area contributed by atoms with Gasteiger partial charge >= 0.3 is 11.7 Å². The van der Waals surface area contributed by atoms with Crippen molar-refractivity contribution >= 4 is 5.97 Å².